The maximum atomic E-state index is 13.4. The maximum absolute atomic E-state index is 13.4. The van der Waals surface area contributed by atoms with Gasteiger partial charge in [-0.25, -0.2) is 13.2 Å². The number of benzene rings is 1. The second-order valence-electron chi connectivity index (χ2n) is 8.24. The molecule has 0 fully saturated rings. The van der Waals surface area contributed by atoms with Crippen LogP contribution in [0.4, 0.5) is 13.2 Å². The molecule has 1 aliphatic carbocycles. The first-order chi connectivity index (χ1) is 13.7. The molecule has 1 aliphatic rings. The molecule has 0 radical (unpaired) electrons. The lowest BCUT2D eigenvalue weighted by Gasteiger charge is -2.25. The van der Waals surface area contributed by atoms with Gasteiger partial charge in [-0.2, -0.15) is 5.10 Å². The van der Waals surface area contributed by atoms with E-state index in [-0.39, 0.29) is 18.5 Å². The Hall–Kier alpha value is -2.35. The van der Waals surface area contributed by atoms with Crippen LogP contribution in [0.15, 0.2) is 12.1 Å². The van der Waals surface area contributed by atoms with E-state index < -0.39 is 17.5 Å². The molecule has 1 unspecified atom stereocenters. The van der Waals surface area contributed by atoms with Gasteiger partial charge >= 0.3 is 0 Å². The number of carbonyl (C=O) groups is 1. The summed E-state index contributed by atoms with van der Waals surface area (Å²) >= 11 is 0. The fourth-order valence-electron chi connectivity index (χ4n) is 3.71. The van der Waals surface area contributed by atoms with Crippen LogP contribution < -0.4 is 5.32 Å². The van der Waals surface area contributed by atoms with E-state index in [0.29, 0.717) is 23.6 Å². The van der Waals surface area contributed by atoms with Crippen LogP contribution in [-0.4, -0.2) is 40.7 Å². The van der Waals surface area contributed by atoms with Gasteiger partial charge in [-0.3, -0.25) is 9.48 Å². The molecular weight excluding hydrogens is 381 g/mol. The van der Waals surface area contributed by atoms with E-state index in [1.54, 1.807) is 14.1 Å². The Morgan fingerprint density at radius 2 is 1.93 bits per heavy atom. The van der Waals surface area contributed by atoms with Crippen molar-refractivity contribution >= 4 is 5.91 Å². The van der Waals surface area contributed by atoms with Gasteiger partial charge in [-0.1, -0.05) is 13.8 Å². The molecule has 1 aromatic heterocycles. The van der Waals surface area contributed by atoms with Crippen LogP contribution >= 0.6 is 0 Å². The maximum Gasteiger partial charge on any atom is 0.274 e. The smallest absolute Gasteiger partial charge is 0.274 e. The largest absolute Gasteiger partial charge is 0.343 e. The third kappa shape index (κ3) is 4.63. The summed E-state index contributed by atoms with van der Waals surface area (Å²) in [6.45, 7) is 5.17. The molecule has 1 atom stereocenters. The Balaban J connectivity index is 1.78. The molecule has 1 amide bonds. The minimum Gasteiger partial charge on any atom is -0.343 e. The van der Waals surface area contributed by atoms with Crippen molar-refractivity contribution in [1.29, 1.82) is 0 Å². The lowest BCUT2D eigenvalue weighted by Crippen LogP contribution is -2.35. The molecule has 0 aliphatic heterocycles. The number of hydrogen-bond acceptors (Lipinski definition) is 3. The van der Waals surface area contributed by atoms with Crippen LogP contribution in [0, 0.1) is 23.4 Å². The van der Waals surface area contributed by atoms with Gasteiger partial charge in [0.1, 0.15) is 0 Å². The lowest BCUT2D eigenvalue weighted by atomic mass is 9.90. The van der Waals surface area contributed by atoms with Crippen molar-refractivity contribution in [3.8, 4) is 0 Å². The number of amides is 1. The summed E-state index contributed by atoms with van der Waals surface area (Å²) in [5.74, 6) is -3.57. The summed E-state index contributed by atoms with van der Waals surface area (Å²) in [7, 11) is 3.40. The standard InChI is InChI=1S/C21H27F3N4O/c1-12(2)11-28-18-6-5-14(9-15(18)20(26-28)21(29)27(3)4)25-10-13-7-16(22)19(24)17(23)8-13/h7-8,12,14,25H,5-6,9-11H2,1-4H3. The minimum absolute atomic E-state index is 0.0316. The minimum atomic E-state index is -1.46. The Bertz CT molecular complexity index is 885. The number of aromatic nitrogens is 2. The molecular formula is C21H27F3N4O. The van der Waals surface area contributed by atoms with Crippen LogP contribution in [0.25, 0.3) is 0 Å². The summed E-state index contributed by atoms with van der Waals surface area (Å²) in [4.78, 5) is 14.1. The Morgan fingerprint density at radius 3 is 2.52 bits per heavy atom. The van der Waals surface area contributed by atoms with Crippen molar-refractivity contribution in [1.82, 2.24) is 20.0 Å². The van der Waals surface area contributed by atoms with E-state index in [9.17, 15) is 18.0 Å². The first-order valence-electron chi connectivity index (χ1n) is 9.84. The van der Waals surface area contributed by atoms with Gasteiger partial charge in [0.25, 0.3) is 5.91 Å². The highest BCUT2D eigenvalue weighted by molar-refractivity contribution is 5.93. The fraction of sp³-hybridized carbons (Fsp3) is 0.524. The highest BCUT2D eigenvalue weighted by Crippen LogP contribution is 2.27. The SMILES string of the molecule is CC(C)Cn1nc(C(=O)N(C)C)c2c1CCC(NCc1cc(F)c(F)c(F)c1)C2. The Morgan fingerprint density at radius 1 is 1.28 bits per heavy atom. The van der Waals surface area contributed by atoms with Crippen LogP contribution in [-0.2, 0) is 25.9 Å². The van der Waals surface area contributed by atoms with E-state index in [1.807, 2.05) is 4.68 Å². The van der Waals surface area contributed by atoms with Gasteiger partial charge in [0.15, 0.2) is 23.1 Å². The molecule has 1 heterocycles. The number of fused-ring (bicyclic) bond motifs is 1. The lowest BCUT2D eigenvalue weighted by molar-refractivity contribution is 0.0819. The summed E-state index contributed by atoms with van der Waals surface area (Å²) in [5.41, 5.74) is 2.83. The average Bonchev–Trinajstić information content (AvgIpc) is 3.00. The molecule has 3 rings (SSSR count). The molecule has 29 heavy (non-hydrogen) atoms. The Kier molecular flexibility index (Phi) is 6.31. The van der Waals surface area contributed by atoms with E-state index in [1.165, 1.54) is 4.90 Å². The summed E-state index contributed by atoms with van der Waals surface area (Å²) in [6.07, 6.45) is 2.19. The number of nitrogens with one attached hydrogen (secondary N) is 1. The van der Waals surface area contributed by atoms with E-state index >= 15 is 0 Å². The molecule has 158 valence electrons. The van der Waals surface area contributed by atoms with Crippen LogP contribution in [0.1, 0.15) is 47.6 Å². The zero-order chi connectivity index (χ0) is 21.3. The normalized spacial score (nSPS) is 16.2. The van der Waals surface area contributed by atoms with Crippen molar-refractivity contribution in [2.45, 2.75) is 52.2 Å². The third-order valence-corrected chi connectivity index (χ3v) is 5.13. The number of rotatable bonds is 6. The van der Waals surface area contributed by atoms with Gasteiger partial charge in [-0.15, -0.1) is 0 Å². The van der Waals surface area contributed by atoms with E-state index in [2.05, 4.69) is 24.3 Å². The molecule has 8 heteroatoms. The van der Waals surface area contributed by atoms with E-state index in [0.717, 1.165) is 42.8 Å². The summed E-state index contributed by atoms with van der Waals surface area (Å²) < 4.78 is 41.9. The molecule has 0 saturated heterocycles. The second kappa shape index (κ2) is 8.57. The molecule has 2 aromatic rings. The van der Waals surface area contributed by atoms with Crippen LogP contribution in [0.5, 0.6) is 0 Å². The monoisotopic (exact) mass is 408 g/mol. The van der Waals surface area contributed by atoms with E-state index in [4.69, 9.17) is 0 Å². The quantitative estimate of drug-likeness (QED) is 0.747. The highest BCUT2D eigenvalue weighted by Gasteiger charge is 2.30. The topological polar surface area (TPSA) is 50.2 Å². The summed E-state index contributed by atoms with van der Waals surface area (Å²) in [6, 6.07) is 2.03. The number of carbonyl (C=O) groups excluding carboxylic acids is 1. The highest BCUT2D eigenvalue weighted by atomic mass is 19.2. The summed E-state index contributed by atoms with van der Waals surface area (Å²) in [5, 5.41) is 7.88. The predicted octanol–water partition coefficient (Wildman–Crippen LogP) is 3.31. The first-order valence-corrected chi connectivity index (χ1v) is 9.84. The fourth-order valence-corrected chi connectivity index (χ4v) is 3.71. The third-order valence-electron chi connectivity index (χ3n) is 5.13. The average molecular weight is 408 g/mol. The van der Waals surface area contributed by atoms with Crippen molar-refractivity contribution in [3.63, 3.8) is 0 Å². The zero-order valence-electron chi connectivity index (χ0n) is 17.2. The number of nitrogens with zero attached hydrogens (tertiary/aromatic N) is 3. The number of hydrogen-bond donors (Lipinski definition) is 1. The van der Waals surface area contributed by atoms with Crippen LogP contribution in [0.2, 0.25) is 0 Å². The van der Waals surface area contributed by atoms with Crippen molar-refractivity contribution in [3.05, 3.63) is 52.1 Å². The molecule has 0 spiro atoms. The zero-order valence-corrected chi connectivity index (χ0v) is 17.2. The number of halogens is 3. The molecule has 0 bridgehead atoms. The van der Waals surface area contributed by atoms with Gasteiger partial charge in [-0.05, 0) is 42.9 Å². The van der Waals surface area contributed by atoms with Crippen molar-refractivity contribution in [2.24, 2.45) is 5.92 Å². The van der Waals surface area contributed by atoms with Gasteiger partial charge < -0.3 is 10.2 Å². The molecule has 1 aromatic carbocycles. The van der Waals surface area contributed by atoms with Crippen LogP contribution in [0.3, 0.4) is 0 Å². The molecule has 5 nitrogen and oxygen atoms in total. The predicted molar refractivity (Wildman–Crippen MR) is 104 cm³/mol. The van der Waals surface area contributed by atoms with Gasteiger partial charge in [0.05, 0.1) is 0 Å². The van der Waals surface area contributed by atoms with Crippen molar-refractivity contribution < 1.29 is 18.0 Å². The Labute approximate surface area is 168 Å². The first kappa shape index (κ1) is 21.4. The van der Waals surface area contributed by atoms with Crippen molar-refractivity contribution in [2.75, 3.05) is 14.1 Å². The van der Waals surface area contributed by atoms with Gasteiger partial charge in [0.2, 0.25) is 0 Å². The molecule has 0 saturated carbocycles. The molecule has 1 N–H and O–H groups in total. The second-order valence-corrected chi connectivity index (χ2v) is 8.24. The van der Waals surface area contributed by atoms with Gasteiger partial charge in [0, 0.05) is 44.5 Å².